The van der Waals surface area contributed by atoms with Crippen molar-refractivity contribution >= 4 is 17.5 Å². The Kier molecular flexibility index (Phi) is 5.74. The van der Waals surface area contributed by atoms with E-state index in [4.69, 9.17) is 0 Å². The highest BCUT2D eigenvalue weighted by Gasteiger charge is 2.28. The highest BCUT2D eigenvalue weighted by Crippen LogP contribution is 2.28. The first kappa shape index (κ1) is 17.9. The van der Waals surface area contributed by atoms with Crippen LogP contribution in [0.3, 0.4) is 0 Å². The van der Waals surface area contributed by atoms with Gasteiger partial charge >= 0.3 is 0 Å². The molecule has 0 aromatic heterocycles. The fourth-order valence-electron chi connectivity index (χ4n) is 3.95. The Labute approximate surface area is 150 Å². The van der Waals surface area contributed by atoms with Crippen molar-refractivity contribution in [3.05, 3.63) is 29.8 Å². The van der Waals surface area contributed by atoms with Crippen LogP contribution >= 0.6 is 0 Å². The summed E-state index contributed by atoms with van der Waals surface area (Å²) in [6.45, 7) is 5.41. The number of rotatable bonds is 5. The Balaban J connectivity index is 1.50. The SMILES string of the molecule is CCN1CCC(N(C)C(=O)CCC2Cc3ccccc3NC2=O)CC1. The number of fused-ring (bicyclic) bond motifs is 1. The Morgan fingerprint density at radius 3 is 2.72 bits per heavy atom. The van der Waals surface area contributed by atoms with Gasteiger partial charge in [0.1, 0.15) is 0 Å². The van der Waals surface area contributed by atoms with E-state index in [2.05, 4.69) is 23.2 Å². The Hall–Kier alpha value is -1.88. The average molecular weight is 343 g/mol. The standard InChI is InChI=1S/C20H29N3O2/c1-3-23-12-10-17(11-13-23)22(2)19(24)9-8-16-14-15-6-4-5-7-18(15)21-20(16)25/h4-7,16-17H,3,8-14H2,1-2H3,(H,21,25). The molecule has 2 amide bonds. The minimum Gasteiger partial charge on any atom is -0.343 e. The van der Waals surface area contributed by atoms with E-state index < -0.39 is 0 Å². The summed E-state index contributed by atoms with van der Waals surface area (Å²) < 4.78 is 0. The first-order valence-corrected chi connectivity index (χ1v) is 9.45. The summed E-state index contributed by atoms with van der Waals surface area (Å²) in [7, 11) is 1.92. The molecule has 1 saturated heterocycles. The molecule has 25 heavy (non-hydrogen) atoms. The highest BCUT2D eigenvalue weighted by atomic mass is 16.2. The van der Waals surface area contributed by atoms with Crippen LogP contribution in [0.4, 0.5) is 5.69 Å². The third-order valence-corrected chi connectivity index (χ3v) is 5.76. The number of hydrogen-bond donors (Lipinski definition) is 1. The number of likely N-dealkylation sites (tertiary alicyclic amines) is 1. The number of carbonyl (C=O) groups excluding carboxylic acids is 2. The number of benzene rings is 1. The summed E-state index contributed by atoms with van der Waals surface area (Å²) in [5, 5.41) is 2.97. The van der Waals surface area contributed by atoms with Crippen LogP contribution in [0.5, 0.6) is 0 Å². The van der Waals surface area contributed by atoms with Crippen molar-refractivity contribution in [2.24, 2.45) is 5.92 Å². The van der Waals surface area contributed by atoms with Crippen molar-refractivity contribution in [1.29, 1.82) is 0 Å². The first-order valence-electron chi connectivity index (χ1n) is 9.45. The summed E-state index contributed by atoms with van der Waals surface area (Å²) in [6.07, 6.45) is 3.90. The lowest BCUT2D eigenvalue weighted by atomic mass is 9.89. The fourth-order valence-corrected chi connectivity index (χ4v) is 3.95. The van der Waals surface area contributed by atoms with Crippen molar-refractivity contribution in [2.45, 2.75) is 45.1 Å². The van der Waals surface area contributed by atoms with Crippen LogP contribution in [0.25, 0.3) is 0 Å². The van der Waals surface area contributed by atoms with E-state index in [1.54, 1.807) is 0 Å². The molecule has 1 atom stereocenters. The summed E-state index contributed by atoms with van der Waals surface area (Å²) >= 11 is 0. The van der Waals surface area contributed by atoms with Gasteiger partial charge in [0.15, 0.2) is 0 Å². The second kappa shape index (κ2) is 8.00. The summed E-state index contributed by atoms with van der Waals surface area (Å²) in [6, 6.07) is 8.26. The fraction of sp³-hybridized carbons (Fsp3) is 0.600. The molecule has 0 saturated carbocycles. The zero-order valence-corrected chi connectivity index (χ0v) is 15.3. The molecule has 5 heteroatoms. The van der Waals surface area contributed by atoms with E-state index in [0.717, 1.165) is 44.6 Å². The molecule has 0 aliphatic carbocycles. The highest BCUT2D eigenvalue weighted by molar-refractivity contribution is 5.96. The van der Waals surface area contributed by atoms with Gasteiger partial charge in [-0.15, -0.1) is 0 Å². The Morgan fingerprint density at radius 1 is 1.28 bits per heavy atom. The number of hydrogen-bond acceptors (Lipinski definition) is 3. The smallest absolute Gasteiger partial charge is 0.227 e. The molecule has 1 aromatic rings. The monoisotopic (exact) mass is 343 g/mol. The van der Waals surface area contributed by atoms with Crippen LogP contribution in [-0.4, -0.2) is 54.3 Å². The van der Waals surface area contributed by atoms with E-state index in [9.17, 15) is 9.59 Å². The first-order chi connectivity index (χ1) is 12.1. The lowest BCUT2D eigenvalue weighted by Crippen LogP contribution is -2.45. The predicted molar refractivity (Wildman–Crippen MR) is 99.4 cm³/mol. The molecule has 2 heterocycles. The number of amides is 2. The second-order valence-electron chi connectivity index (χ2n) is 7.26. The summed E-state index contributed by atoms with van der Waals surface area (Å²) in [5.74, 6) is 0.112. The molecule has 5 nitrogen and oxygen atoms in total. The molecular formula is C20H29N3O2. The van der Waals surface area contributed by atoms with Gasteiger partial charge in [-0.05, 0) is 43.9 Å². The lowest BCUT2D eigenvalue weighted by molar-refractivity contribution is -0.133. The van der Waals surface area contributed by atoms with Crippen molar-refractivity contribution in [3.63, 3.8) is 0 Å². The number of anilines is 1. The van der Waals surface area contributed by atoms with Crippen LogP contribution in [0.2, 0.25) is 0 Å². The van der Waals surface area contributed by atoms with Gasteiger partial charge in [0.2, 0.25) is 11.8 Å². The van der Waals surface area contributed by atoms with Gasteiger partial charge in [-0.2, -0.15) is 0 Å². The van der Waals surface area contributed by atoms with Gasteiger partial charge in [0, 0.05) is 44.2 Å². The Morgan fingerprint density at radius 2 is 2.00 bits per heavy atom. The Bertz CT molecular complexity index is 623. The van der Waals surface area contributed by atoms with Crippen LogP contribution < -0.4 is 5.32 Å². The number of nitrogens with zero attached hydrogens (tertiary/aromatic N) is 2. The van der Waals surface area contributed by atoms with Gasteiger partial charge in [-0.1, -0.05) is 25.1 Å². The zero-order chi connectivity index (χ0) is 17.8. The molecule has 3 rings (SSSR count). The maximum atomic E-state index is 12.6. The van der Waals surface area contributed by atoms with Crippen LogP contribution in [0.1, 0.15) is 38.2 Å². The van der Waals surface area contributed by atoms with Crippen molar-refractivity contribution < 1.29 is 9.59 Å². The van der Waals surface area contributed by atoms with Gasteiger partial charge in [0.05, 0.1) is 0 Å². The number of nitrogens with one attached hydrogen (secondary N) is 1. The summed E-state index contributed by atoms with van der Waals surface area (Å²) in [4.78, 5) is 29.2. The van der Waals surface area contributed by atoms with E-state index in [-0.39, 0.29) is 17.7 Å². The molecule has 2 aliphatic heterocycles. The summed E-state index contributed by atoms with van der Waals surface area (Å²) in [5.41, 5.74) is 2.08. The molecule has 1 unspecified atom stereocenters. The van der Waals surface area contributed by atoms with Crippen molar-refractivity contribution in [3.8, 4) is 0 Å². The molecular weight excluding hydrogens is 314 g/mol. The third-order valence-electron chi connectivity index (χ3n) is 5.76. The molecule has 136 valence electrons. The molecule has 0 radical (unpaired) electrons. The van der Waals surface area contributed by atoms with E-state index in [0.29, 0.717) is 18.9 Å². The van der Waals surface area contributed by atoms with E-state index in [1.165, 1.54) is 5.56 Å². The zero-order valence-electron chi connectivity index (χ0n) is 15.3. The maximum absolute atomic E-state index is 12.6. The number of para-hydroxylation sites is 1. The lowest BCUT2D eigenvalue weighted by Gasteiger charge is -2.36. The van der Waals surface area contributed by atoms with Crippen LogP contribution in [-0.2, 0) is 16.0 Å². The van der Waals surface area contributed by atoms with Crippen molar-refractivity contribution in [1.82, 2.24) is 9.80 Å². The van der Waals surface area contributed by atoms with Crippen LogP contribution in [0, 0.1) is 5.92 Å². The van der Waals surface area contributed by atoms with E-state index in [1.807, 2.05) is 30.1 Å². The van der Waals surface area contributed by atoms with Gasteiger partial charge in [-0.3, -0.25) is 9.59 Å². The normalized spacial score (nSPS) is 21.5. The topological polar surface area (TPSA) is 52.6 Å². The van der Waals surface area contributed by atoms with Gasteiger partial charge < -0.3 is 15.1 Å². The molecule has 0 bridgehead atoms. The number of piperidine rings is 1. The minimum absolute atomic E-state index is 0.0467. The predicted octanol–water partition coefficient (Wildman–Crippen LogP) is 2.52. The van der Waals surface area contributed by atoms with Crippen LogP contribution in [0.15, 0.2) is 24.3 Å². The van der Waals surface area contributed by atoms with Gasteiger partial charge in [0.25, 0.3) is 0 Å². The molecule has 2 aliphatic rings. The maximum Gasteiger partial charge on any atom is 0.227 e. The molecule has 1 N–H and O–H groups in total. The molecule has 1 aromatic carbocycles. The second-order valence-corrected chi connectivity index (χ2v) is 7.26. The largest absolute Gasteiger partial charge is 0.343 e. The molecule has 1 fully saturated rings. The number of carbonyl (C=O) groups is 2. The van der Waals surface area contributed by atoms with Crippen molar-refractivity contribution in [2.75, 3.05) is 32.0 Å². The quantitative estimate of drug-likeness (QED) is 0.894. The average Bonchev–Trinajstić information content (AvgIpc) is 2.65. The van der Waals surface area contributed by atoms with E-state index >= 15 is 0 Å². The van der Waals surface area contributed by atoms with Gasteiger partial charge in [-0.25, -0.2) is 0 Å². The third kappa shape index (κ3) is 4.21. The minimum atomic E-state index is -0.103. The molecule has 0 spiro atoms.